The molecule has 0 aliphatic heterocycles. The lowest BCUT2D eigenvalue weighted by atomic mass is 10.1. The number of rotatable bonds is 5. The molecule has 2 atom stereocenters. The van der Waals surface area contributed by atoms with Gasteiger partial charge in [-0.05, 0) is 41.2 Å². The van der Waals surface area contributed by atoms with Crippen LogP contribution in [0.5, 0.6) is 0 Å². The molecule has 0 saturated heterocycles. The number of carbonyl (C=O) groups is 1. The molecule has 0 saturated carbocycles. The van der Waals surface area contributed by atoms with Gasteiger partial charge in [0.05, 0.1) is 6.10 Å². The van der Waals surface area contributed by atoms with Gasteiger partial charge in [0.25, 0.3) is 0 Å². The molecule has 0 aliphatic carbocycles. The van der Waals surface area contributed by atoms with Gasteiger partial charge in [0, 0.05) is 12.6 Å². The Morgan fingerprint density at radius 1 is 1.44 bits per heavy atom. The molecule has 5 nitrogen and oxygen atoms in total. The molecule has 0 bridgehead atoms. The topological polar surface area (TPSA) is 70.6 Å². The SMILES string of the molecule is CNC(C)C(O)CCNC(=O)OC(C)(C)C. The Hall–Kier alpha value is -0.810. The van der Waals surface area contributed by atoms with E-state index in [2.05, 4.69) is 10.6 Å². The van der Waals surface area contributed by atoms with Crippen molar-refractivity contribution in [2.75, 3.05) is 13.6 Å². The van der Waals surface area contributed by atoms with Crippen LogP contribution in [0.1, 0.15) is 34.1 Å². The summed E-state index contributed by atoms with van der Waals surface area (Å²) in [6, 6.07) is 0.0143. The third-order valence-electron chi connectivity index (χ3n) is 2.14. The Balaban J connectivity index is 3.70. The van der Waals surface area contributed by atoms with Crippen LogP contribution in [0.15, 0.2) is 0 Å². The molecule has 0 aromatic rings. The van der Waals surface area contributed by atoms with E-state index >= 15 is 0 Å². The summed E-state index contributed by atoms with van der Waals surface area (Å²) in [4.78, 5) is 11.2. The molecular weight excluding hydrogens is 208 g/mol. The molecule has 0 heterocycles. The number of ether oxygens (including phenoxy) is 1. The van der Waals surface area contributed by atoms with E-state index in [0.717, 1.165) is 0 Å². The van der Waals surface area contributed by atoms with Crippen molar-refractivity contribution in [3.05, 3.63) is 0 Å². The summed E-state index contributed by atoms with van der Waals surface area (Å²) in [5.41, 5.74) is -0.485. The largest absolute Gasteiger partial charge is 0.444 e. The third-order valence-corrected chi connectivity index (χ3v) is 2.14. The summed E-state index contributed by atoms with van der Waals surface area (Å²) >= 11 is 0. The summed E-state index contributed by atoms with van der Waals surface area (Å²) in [7, 11) is 1.79. The molecule has 0 spiro atoms. The van der Waals surface area contributed by atoms with E-state index in [4.69, 9.17) is 4.74 Å². The van der Waals surface area contributed by atoms with Crippen molar-refractivity contribution < 1.29 is 14.6 Å². The summed E-state index contributed by atoms with van der Waals surface area (Å²) in [6.07, 6.45) is -0.418. The van der Waals surface area contributed by atoms with Gasteiger partial charge in [-0.15, -0.1) is 0 Å². The number of aliphatic hydroxyl groups is 1. The highest BCUT2D eigenvalue weighted by Gasteiger charge is 2.16. The van der Waals surface area contributed by atoms with Gasteiger partial charge >= 0.3 is 6.09 Å². The van der Waals surface area contributed by atoms with Crippen molar-refractivity contribution in [1.82, 2.24) is 10.6 Å². The van der Waals surface area contributed by atoms with Crippen molar-refractivity contribution in [3.63, 3.8) is 0 Å². The number of aliphatic hydroxyl groups excluding tert-OH is 1. The van der Waals surface area contributed by atoms with Crippen molar-refractivity contribution in [2.45, 2.75) is 51.9 Å². The lowest BCUT2D eigenvalue weighted by molar-refractivity contribution is 0.0513. The monoisotopic (exact) mass is 232 g/mol. The second-order valence-electron chi connectivity index (χ2n) is 4.86. The zero-order valence-electron chi connectivity index (χ0n) is 10.8. The number of likely N-dealkylation sites (N-methyl/N-ethyl adjacent to an activating group) is 1. The number of nitrogens with one attached hydrogen (secondary N) is 2. The molecule has 16 heavy (non-hydrogen) atoms. The first-order chi connectivity index (χ1) is 7.26. The van der Waals surface area contributed by atoms with E-state index in [9.17, 15) is 9.90 Å². The molecule has 3 N–H and O–H groups in total. The van der Waals surface area contributed by atoms with Crippen molar-refractivity contribution >= 4 is 6.09 Å². The first kappa shape index (κ1) is 15.2. The number of amides is 1. The molecule has 0 rings (SSSR count). The van der Waals surface area contributed by atoms with Crippen LogP contribution in [-0.4, -0.2) is 42.5 Å². The summed E-state index contributed by atoms with van der Waals surface area (Å²) in [5.74, 6) is 0. The van der Waals surface area contributed by atoms with Crippen LogP contribution in [0.25, 0.3) is 0 Å². The Morgan fingerprint density at radius 2 is 2.00 bits per heavy atom. The van der Waals surface area contributed by atoms with Gasteiger partial charge in [-0.3, -0.25) is 0 Å². The van der Waals surface area contributed by atoms with E-state index in [-0.39, 0.29) is 6.04 Å². The van der Waals surface area contributed by atoms with Gasteiger partial charge in [-0.2, -0.15) is 0 Å². The van der Waals surface area contributed by atoms with Crippen LogP contribution >= 0.6 is 0 Å². The molecule has 96 valence electrons. The van der Waals surface area contributed by atoms with Crippen LogP contribution in [0.3, 0.4) is 0 Å². The average Bonchev–Trinajstić information content (AvgIpc) is 2.13. The van der Waals surface area contributed by atoms with E-state index in [1.54, 1.807) is 7.05 Å². The highest BCUT2D eigenvalue weighted by atomic mass is 16.6. The lowest BCUT2D eigenvalue weighted by Gasteiger charge is -2.21. The second-order valence-corrected chi connectivity index (χ2v) is 4.86. The third kappa shape index (κ3) is 7.48. The maximum Gasteiger partial charge on any atom is 0.407 e. The van der Waals surface area contributed by atoms with Crippen LogP contribution in [0.4, 0.5) is 4.79 Å². The number of hydrogen-bond acceptors (Lipinski definition) is 4. The Labute approximate surface area is 97.6 Å². The summed E-state index contributed by atoms with van der Waals surface area (Å²) in [6.45, 7) is 7.72. The van der Waals surface area contributed by atoms with Gasteiger partial charge in [-0.1, -0.05) is 0 Å². The Bertz CT molecular complexity index is 214. The summed E-state index contributed by atoms with van der Waals surface area (Å²) < 4.78 is 5.06. The van der Waals surface area contributed by atoms with Crippen LogP contribution in [-0.2, 0) is 4.74 Å². The van der Waals surface area contributed by atoms with Crippen molar-refractivity contribution in [3.8, 4) is 0 Å². The van der Waals surface area contributed by atoms with E-state index in [0.29, 0.717) is 13.0 Å². The molecule has 0 fully saturated rings. The molecule has 0 aromatic carbocycles. The number of carbonyl (C=O) groups excluding carboxylic acids is 1. The fraction of sp³-hybridized carbons (Fsp3) is 0.909. The maximum atomic E-state index is 11.2. The molecule has 5 heteroatoms. The molecule has 0 aliphatic rings. The molecule has 0 aromatic heterocycles. The zero-order chi connectivity index (χ0) is 12.8. The number of hydrogen-bond donors (Lipinski definition) is 3. The Morgan fingerprint density at radius 3 is 2.44 bits per heavy atom. The first-order valence-corrected chi connectivity index (χ1v) is 5.58. The fourth-order valence-corrected chi connectivity index (χ4v) is 1.08. The number of alkyl carbamates (subject to hydrolysis) is 1. The van der Waals surface area contributed by atoms with Gasteiger partial charge < -0.3 is 20.5 Å². The zero-order valence-corrected chi connectivity index (χ0v) is 10.8. The van der Waals surface area contributed by atoms with Gasteiger partial charge in [0.2, 0.25) is 0 Å². The standard InChI is InChI=1S/C11H24N2O3/c1-8(12-5)9(14)6-7-13-10(15)16-11(2,3)4/h8-9,12,14H,6-7H2,1-5H3,(H,13,15). The smallest absolute Gasteiger partial charge is 0.407 e. The maximum absolute atomic E-state index is 11.2. The minimum atomic E-state index is -0.485. The Kier molecular flexibility index (Phi) is 6.36. The molecule has 2 unspecified atom stereocenters. The highest BCUT2D eigenvalue weighted by Crippen LogP contribution is 2.06. The summed E-state index contributed by atoms with van der Waals surface area (Å²) in [5, 5.41) is 15.2. The van der Waals surface area contributed by atoms with Gasteiger partial charge in [0.1, 0.15) is 5.60 Å². The normalized spacial score (nSPS) is 15.4. The second kappa shape index (κ2) is 6.70. The lowest BCUT2D eigenvalue weighted by Crippen LogP contribution is -2.38. The van der Waals surface area contributed by atoms with E-state index in [1.807, 2.05) is 27.7 Å². The molecular formula is C11H24N2O3. The predicted molar refractivity (Wildman–Crippen MR) is 63.4 cm³/mol. The molecule has 0 radical (unpaired) electrons. The van der Waals surface area contributed by atoms with Crippen LogP contribution in [0, 0.1) is 0 Å². The average molecular weight is 232 g/mol. The minimum Gasteiger partial charge on any atom is -0.444 e. The fourth-order valence-electron chi connectivity index (χ4n) is 1.08. The van der Waals surface area contributed by atoms with Crippen molar-refractivity contribution in [2.24, 2.45) is 0 Å². The molecule has 1 amide bonds. The van der Waals surface area contributed by atoms with Crippen LogP contribution < -0.4 is 10.6 Å². The van der Waals surface area contributed by atoms with Gasteiger partial charge in [-0.25, -0.2) is 4.79 Å². The first-order valence-electron chi connectivity index (χ1n) is 5.58. The predicted octanol–water partition coefficient (Wildman–Crippen LogP) is 0.870. The quantitative estimate of drug-likeness (QED) is 0.658. The van der Waals surface area contributed by atoms with E-state index < -0.39 is 17.8 Å². The highest BCUT2D eigenvalue weighted by molar-refractivity contribution is 5.67. The minimum absolute atomic E-state index is 0.0143. The van der Waals surface area contributed by atoms with Crippen LogP contribution in [0.2, 0.25) is 0 Å². The van der Waals surface area contributed by atoms with Crippen molar-refractivity contribution in [1.29, 1.82) is 0 Å². The van der Waals surface area contributed by atoms with E-state index in [1.165, 1.54) is 0 Å². The van der Waals surface area contributed by atoms with Gasteiger partial charge in [0.15, 0.2) is 0 Å².